The van der Waals surface area contributed by atoms with Crippen LogP contribution in [0.1, 0.15) is 61.5 Å². The van der Waals surface area contributed by atoms with Gasteiger partial charge in [-0.2, -0.15) is 0 Å². The van der Waals surface area contributed by atoms with E-state index in [9.17, 15) is 14.4 Å². The highest BCUT2D eigenvalue weighted by Gasteiger charge is 2.48. The van der Waals surface area contributed by atoms with Gasteiger partial charge in [-0.15, -0.1) is 0 Å². The Hall–Kier alpha value is -4.19. The number of hydrazine groups is 1. The van der Waals surface area contributed by atoms with Crippen molar-refractivity contribution in [3.63, 3.8) is 0 Å². The van der Waals surface area contributed by atoms with Gasteiger partial charge in [0, 0.05) is 42.0 Å². The standard InChI is InChI=1S/C34H46N8O3/c1-6-29(43)35-24-17-15-23(16-18-24)32(44)37-26-14-10-13-25(19-26)36-31-27-20-42(34(2,3)30(27)39-40-31)33(45)38-28(21-41(4)5)22-11-8-7-9-12-22/h6-9,11-12,15-18,25-26,28,31,36,39-40H,1,10,13-14,19-21H2,2-5H3,(H,35,43)(H,37,44)(H,38,45)/t25-,26+,28-,31?/m1/s1. The van der Waals surface area contributed by atoms with Crippen molar-refractivity contribution in [3.8, 4) is 0 Å². The van der Waals surface area contributed by atoms with Gasteiger partial charge in [0.05, 0.1) is 17.3 Å². The van der Waals surface area contributed by atoms with Gasteiger partial charge in [0.25, 0.3) is 5.91 Å². The number of urea groups is 1. The molecule has 4 amide bonds. The molecule has 2 aromatic carbocycles. The highest BCUT2D eigenvalue weighted by molar-refractivity contribution is 5.99. The minimum Gasteiger partial charge on any atom is -0.349 e. The van der Waals surface area contributed by atoms with Crippen molar-refractivity contribution >= 4 is 23.5 Å². The molecule has 240 valence electrons. The van der Waals surface area contributed by atoms with Gasteiger partial charge in [-0.25, -0.2) is 10.2 Å². The second-order valence-corrected chi connectivity index (χ2v) is 12.9. The van der Waals surface area contributed by atoms with E-state index in [2.05, 4.69) is 69.6 Å². The zero-order valence-electron chi connectivity index (χ0n) is 26.7. The average Bonchev–Trinajstić information content (AvgIpc) is 3.54. The van der Waals surface area contributed by atoms with E-state index in [1.165, 1.54) is 6.08 Å². The van der Waals surface area contributed by atoms with Gasteiger partial charge in [-0.3, -0.25) is 14.9 Å². The number of nitrogens with one attached hydrogen (secondary N) is 6. The van der Waals surface area contributed by atoms with Crippen LogP contribution in [-0.4, -0.2) is 78.6 Å². The summed E-state index contributed by atoms with van der Waals surface area (Å²) in [7, 11) is 4.02. The summed E-state index contributed by atoms with van der Waals surface area (Å²) in [5, 5.41) is 12.9. The number of carbonyl (C=O) groups is 3. The molecular formula is C34H46N8O3. The molecule has 4 atom stereocenters. The van der Waals surface area contributed by atoms with Crippen LogP contribution in [0, 0.1) is 0 Å². The maximum atomic E-state index is 13.7. The first-order valence-corrected chi connectivity index (χ1v) is 15.7. The highest BCUT2D eigenvalue weighted by Crippen LogP contribution is 2.36. The summed E-state index contributed by atoms with van der Waals surface area (Å²) < 4.78 is 0. The molecule has 1 unspecified atom stereocenters. The van der Waals surface area contributed by atoms with Gasteiger partial charge >= 0.3 is 6.03 Å². The molecule has 0 saturated heterocycles. The average molecular weight is 615 g/mol. The molecule has 2 aliphatic heterocycles. The first-order valence-electron chi connectivity index (χ1n) is 15.7. The maximum Gasteiger partial charge on any atom is 0.318 e. The van der Waals surface area contributed by atoms with Crippen molar-refractivity contribution in [1.29, 1.82) is 0 Å². The van der Waals surface area contributed by atoms with Crippen molar-refractivity contribution in [2.24, 2.45) is 0 Å². The molecule has 11 heteroatoms. The van der Waals surface area contributed by atoms with Crippen molar-refractivity contribution in [3.05, 3.63) is 89.6 Å². The Labute approximate surface area is 265 Å². The van der Waals surface area contributed by atoms with Crippen LogP contribution in [0.15, 0.2) is 78.5 Å². The molecule has 0 spiro atoms. The van der Waals surface area contributed by atoms with Crippen molar-refractivity contribution in [1.82, 2.24) is 36.6 Å². The Morgan fingerprint density at radius 1 is 1.07 bits per heavy atom. The zero-order chi connectivity index (χ0) is 32.1. The number of anilines is 1. The van der Waals surface area contributed by atoms with Crippen LogP contribution < -0.4 is 32.1 Å². The number of amides is 4. The fourth-order valence-electron chi connectivity index (χ4n) is 6.53. The van der Waals surface area contributed by atoms with Crippen molar-refractivity contribution in [2.45, 2.75) is 69.4 Å². The third-order valence-electron chi connectivity index (χ3n) is 8.93. The quantitative estimate of drug-likeness (QED) is 0.227. The van der Waals surface area contributed by atoms with Gasteiger partial charge in [0.1, 0.15) is 6.17 Å². The van der Waals surface area contributed by atoms with E-state index >= 15 is 0 Å². The van der Waals surface area contributed by atoms with Gasteiger partial charge < -0.3 is 31.2 Å². The molecule has 2 aromatic rings. The number of hydrogen-bond acceptors (Lipinski definition) is 7. The van der Waals surface area contributed by atoms with Crippen LogP contribution in [0.2, 0.25) is 0 Å². The van der Waals surface area contributed by atoms with Crippen LogP contribution in [0.25, 0.3) is 0 Å². The summed E-state index contributed by atoms with van der Waals surface area (Å²) >= 11 is 0. The Morgan fingerprint density at radius 3 is 2.47 bits per heavy atom. The Bertz CT molecular complexity index is 1420. The maximum absolute atomic E-state index is 13.7. The molecule has 5 rings (SSSR count). The van der Waals surface area contributed by atoms with E-state index < -0.39 is 5.54 Å². The van der Waals surface area contributed by atoms with Crippen LogP contribution in [0.4, 0.5) is 10.5 Å². The lowest BCUT2D eigenvalue weighted by molar-refractivity contribution is -0.111. The summed E-state index contributed by atoms with van der Waals surface area (Å²) in [4.78, 5) is 42.2. The van der Waals surface area contributed by atoms with E-state index in [0.717, 1.165) is 42.5 Å². The molecule has 2 heterocycles. The number of likely N-dealkylation sites (N-methyl/N-ethyl adjacent to an activating group) is 1. The summed E-state index contributed by atoms with van der Waals surface area (Å²) in [6.07, 6.45) is 4.80. The number of hydrogen-bond donors (Lipinski definition) is 6. The molecular weight excluding hydrogens is 568 g/mol. The second-order valence-electron chi connectivity index (χ2n) is 12.9. The molecule has 45 heavy (non-hydrogen) atoms. The topological polar surface area (TPSA) is 130 Å². The third kappa shape index (κ3) is 7.55. The Kier molecular flexibility index (Phi) is 9.91. The zero-order valence-corrected chi connectivity index (χ0v) is 26.7. The molecule has 0 radical (unpaired) electrons. The normalized spacial score (nSPS) is 22.8. The predicted octanol–water partition coefficient (Wildman–Crippen LogP) is 3.24. The first-order chi connectivity index (χ1) is 21.5. The number of nitrogens with zero attached hydrogens (tertiary/aromatic N) is 2. The fourth-order valence-corrected chi connectivity index (χ4v) is 6.53. The third-order valence-corrected chi connectivity index (χ3v) is 8.93. The van der Waals surface area contributed by atoms with E-state index in [1.54, 1.807) is 24.3 Å². The lowest BCUT2D eigenvalue weighted by atomic mass is 9.90. The second kappa shape index (κ2) is 13.8. The summed E-state index contributed by atoms with van der Waals surface area (Å²) in [5.41, 5.74) is 10.6. The molecule has 6 N–H and O–H groups in total. The molecule has 0 aromatic heterocycles. The van der Waals surface area contributed by atoms with Crippen LogP contribution in [-0.2, 0) is 4.79 Å². The fraction of sp³-hybridized carbons (Fsp3) is 0.441. The van der Waals surface area contributed by atoms with Gasteiger partial charge in [0.2, 0.25) is 5.91 Å². The summed E-state index contributed by atoms with van der Waals surface area (Å²) in [6.45, 7) is 8.80. The number of benzene rings is 2. The molecule has 1 fully saturated rings. The SMILES string of the molecule is C=CC(=O)Nc1ccc(C(=O)N[C@H]2CCC[C@@H](NC3NNC4=C3CN(C(=O)N[C@H](CN(C)C)c3ccccc3)C4(C)C)C2)cc1. The summed E-state index contributed by atoms with van der Waals surface area (Å²) in [5.74, 6) is -0.424. The van der Waals surface area contributed by atoms with E-state index in [4.69, 9.17) is 0 Å². The molecule has 3 aliphatic rings. The lowest BCUT2D eigenvalue weighted by Crippen LogP contribution is -2.57. The summed E-state index contributed by atoms with van der Waals surface area (Å²) in [6, 6.07) is 16.9. The van der Waals surface area contributed by atoms with Gasteiger partial charge in [0.15, 0.2) is 0 Å². The molecule has 11 nitrogen and oxygen atoms in total. The monoisotopic (exact) mass is 614 g/mol. The molecule has 1 aliphatic carbocycles. The highest BCUT2D eigenvalue weighted by atomic mass is 16.2. The van der Waals surface area contributed by atoms with E-state index in [-0.39, 0.29) is 42.1 Å². The predicted molar refractivity (Wildman–Crippen MR) is 176 cm³/mol. The van der Waals surface area contributed by atoms with Gasteiger partial charge in [-0.1, -0.05) is 36.9 Å². The first kappa shape index (κ1) is 32.2. The Balaban J connectivity index is 1.17. The van der Waals surface area contributed by atoms with Gasteiger partial charge in [-0.05, 0) is 89.5 Å². The Morgan fingerprint density at radius 2 is 1.78 bits per heavy atom. The molecule has 0 bridgehead atoms. The van der Waals surface area contributed by atoms with Crippen LogP contribution in [0.3, 0.4) is 0 Å². The number of rotatable bonds is 10. The van der Waals surface area contributed by atoms with Crippen LogP contribution in [0.5, 0.6) is 0 Å². The smallest absolute Gasteiger partial charge is 0.318 e. The lowest BCUT2D eigenvalue weighted by Gasteiger charge is -2.37. The van der Waals surface area contributed by atoms with E-state index in [0.29, 0.717) is 24.3 Å². The number of carbonyl (C=O) groups excluding carboxylic acids is 3. The van der Waals surface area contributed by atoms with Crippen molar-refractivity contribution < 1.29 is 14.4 Å². The molecule has 1 saturated carbocycles. The largest absolute Gasteiger partial charge is 0.349 e. The van der Waals surface area contributed by atoms with Crippen LogP contribution >= 0.6 is 0 Å². The minimum atomic E-state index is -0.519. The minimum absolute atomic E-state index is 0.0422. The van der Waals surface area contributed by atoms with Crippen molar-refractivity contribution in [2.75, 3.05) is 32.5 Å². The van der Waals surface area contributed by atoms with E-state index in [1.807, 2.05) is 37.2 Å².